The lowest BCUT2D eigenvalue weighted by Crippen LogP contribution is -2.55. The van der Waals surface area contributed by atoms with Crippen LogP contribution in [0.5, 0.6) is 0 Å². The monoisotopic (exact) mass is 374 g/mol. The fourth-order valence-corrected chi connectivity index (χ4v) is 4.28. The van der Waals surface area contributed by atoms with Crippen LogP contribution in [0.25, 0.3) is 22.2 Å². The van der Waals surface area contributed by atoms with E-state index in [2.05, 4.69) is 23.2 Å². The number of hydrogen-bond donors (Lipinski definition) is 1. The van der Waals surface area contributed by atoms with Crippen molar-refractivity contribution >= 4 is 27.4 Å². The molecule has 6 heteroatoms. The first-order chi connectivity index (χ1) is 13.1. The normalized spacial score (nSPS) is 16.3. The summed E-state index contributed by atoms with van der Waals surface area (Å²) in [6.07, 6.45) is 0. The smallest absolute Gasteiger partial charge is 0.178 e. The predicted octanol–water partition coefficient (Wildman–Crippen LogP) is 3.82. The summed E-state index contributed by atoms with van der Waals surface area (Å²) in [5.74, 6) is 0.557. The Balaban J connectivity index is 1.81. The third-order valence-corrected chi connectivity index (χ3v) is 6.31. The molecular weight excluding hydrogens is 356 g/mol. The Bertz CT molecular complexity index is 1080. The van der Waals surface area contributed by atoms with Crippen LogP contribution in [0.2, 0.25) is 0 Å². The predicted molar refractivity (Wildman–Crippen MR) is 107 cm³/mol. The molecule has 5 nitrogen and oxygen atoms in total. The highest BCUT2D eigenvalue weighted by molar-refractivity contribution is 7.85. The second-order valence-electron chi connectivity index (χ2n) is 6.75. The number of fused-ring (bicyclic) bond motifs is 1. The van der Waals surface area contributed by atoms with Gasteiger partial charge in [-0.2, -0.15) is 10.5 Å². The summed E-state index contributed by atoms with van der Waals surface area (Å²) in [6.45, 7) is 2.66. The van der Waals surface area contributed by atoms with Gasteiger partial charge in [0.2, 0.25) is 0 Å². The maximum Gasteiger partial charge on any atom is 0.178 e. The zero-order valence-electron chi connectivity index (χ0n) is 14.9. The van der Waals surface area contributed by atoms with Gasteiger partial charge in [0.25, 0.3) is 0 Å². The number of H-pyrrole nitrogens is 1. The Morgan fingerprint density at radius 1 is 1.15 bits per heavy atom. The summed E-state index contributed by atoms with van der Waals surface area (Å²) in [4.78, 5) is 6.25. The minimum atomic E-state index is -1.05. The van der Waals surface area contributed by atoms with E-state index in [4.69, 9.17) is 0 Å². The van der Waals surface area contributed by atoms with Gasteiger partial charge in [0.05, 0.1) is 36.0 Å². The van der Waals surface area contributed by atoms with Crippen LogP contribution in [0, 0.1) is 28.1 Å². The maximum absolute atomic E-state index is 12.3. The van der Waals surface area contributed by atoms with Crippen LogP contribution in [0.15, 0.2) is 53.4 Å². The molecule has 1 aromatic heterocycles. The molecule has 1 aliphatic rings. The van der Waals surface area contributed by atoms with Crippen LogP contribution < -0.4 is 4.90 Å². The number of nitrogens with one attached hydrogen (secondary N) is 1. The number of hydrogen-bond acceptors (Lipinski definition) is 4. The lowest BCUT2D eigenvalue weighted by molar-refractivity contribution is 0.398. The SMILES string of the molecule is CCS(=O)c1ccc(N2CC(C#N)(C#N)C2)c(-c2cc3ccccc3[nH]2)c1. The highest BCUT2D eigenvalue weighted by Gasteiger charge is 2.44. The Morgan fingerprint density at radius 3 is 2.56 bits per heavy atom. The van der Waals surface area contributed by atoms with Gasteiger partial charge in [-0.15, -0.1) is 0 Å². The molecule has 1 N–H and O–H groups in total. The van der Waals surface area contributed by atoms with Crippen LogP contribution in [0.4, 0.5) is 5.69 Å². The molecule has 2 heterocycles. The van der Waals surface area contributed by atoms with Gasteiger partial charge in [-0.1, -0.05) is 25.1 Å². The van der Waals surface area contributed by atoms with Gasteiger partial charge in [0.15, 0.2) is 5.41 Å². The molecule has 1 fully saturated rings. The molecule has 0 bridgehead atoms. The van der Waals surface area contributed by atoms with E-state index in [0.717, 1.165) is 32.7 Å². The average Bonchev–Trinajstić information content (AvgIpc) is 3.11. The summed E-state index contributed by atoms with van der Waals surface area (Å²) in [6, 6.07) is 20.1. The Labute approximate surface area is 160 Å². The molecule has 0 spiro atoms. The van der Waals surface area contributed by atoms with E-state index in [-0.39, 0.29) is 0 Å². The van der Waals surface area contributed by atoms with Crippen molar-refractivity contribution in [2.24, 2.45) is 5.41 Å². The molecule has 1 atom stereocenters. The topological polar surface area (TPSA) is 83.7 Å². The third-order valence-electron chi connectivity index (χ3n) is 5.00. The first kappa shape index (κ1) is 17.3. The van der Waals surface area contributed by atoms with Gasteiger partial charge >= 0.3 is 0 Å². The van der Waals surface area contributed by atoms with E-state index in [9.17, 15) is 14.7 Å². The van der Waals surface area contributed by atoms with Crippen LogP contribution in [0.3, 0.4) is 0 Å². The number of nitriles is 2. The van der Waals surface area contributed by atoms with E-state index in [1.807, 2.05) is 54.3 Å². The lowest BCUT2D eigenvalue weighted by Gasteiger charge is -2.43. The number of anilines is 1. The lowest BCUT2D eigenvalue weighted by atomic mass is 9.82. The van der Waals surface area contributed by atoms with E-state index >= 15 is 0 Å². The van der Waals surface area contributed by atoms with E-state index in [1.165, 1.54) is 0 Å². The molecule has 1 aliphatic heterocycles. The van der Waals surface area contributed by atoms with Crippen molar-refractivity contribution in [3.63, 3.8) is 0 Å². The molecule has 3 aromatic rings. The second-order valence-corrected chi connectivity index (χ2v) is 8.48. The Morgan fingerprint density at radius 2 is 1.89 bits per heavy atom. The fourth-order valence-electron chi connectivity index (χ4n) is 3.48. The van der Waals surface area contributed by atoms with Gasteiger partial charge in [0.1, 0.15) is 0 Å². The minimum absolute atomic E-state index is 0.378. The van der Waals surface area contributed by atoms with Crippen LogP contribution in [-0.4, -0.2) is 28.0 Å². The van der Waals surface area contributed by atoms with Crippen molar-refractivity contribution < 1.29 is 4.21 Å². The molecule has 134 valence electrons. The van der Waals surface area contributed by atoms with Crippen LogP contribution >= 0.6 is 0 Å². The van der Waals surface area contributed by atoms with Gasteiger partial charge in [-0.3, -0.25) is 4.21 Å². The van der Waals surface area contributed by atoms with Crippen molar-refractivity contribution in [2.45, 2.75) is 11.8 Å². The first-order valence-corrected chi connectivity index (χ1v) is 10.1. The quantitative estimate of drug-likeness (QED) is 0.752. The van der Waals surface area contributed by atoms with E-state index in [0.29, 0.717) is 18.8 Å². The summed E-state index contributed by atoms with van der Waals surface area (Å²) in [7, 11) is -1.05. The highest BCUT2D eigenvalue weighted by Crippen LogP contribution is 2.40. The average molecular weight is 374 g/mol. The Hall–Kier alpha value is -3.09. The summed E-state index contributed by atoms with van der Waals surface area (Å²) in [5.41, 5.74) is 2.91. The van der Waals surface area contributed by atoms with Crippen molar-refractivity contribution in [1.29, 1.82) is 10.5 Å². The molecule has 0 radical (unpaired) electrons. The minimum Gasteiger partial charge on any atom is -0.365 e. The molecule has 2 aromatic carbocycles. The van der Waals surface area contributed by atoms with Crippen LogP contribution in [0.1, 0.15) is 6.92 Å². The largest absolute Gasteiger partial charge is 0.365 e. The van der Waals surface area contributed by atoms with Gasteiger partial charge in [0, 0.05) is 38.5 Å². The molecule has 1 saturated heterocycles. The number of aromatic amines is 1. The van der Waals surface area contributed by atoms with Crippen molar-refractivity contribution in [2.75, 3.05) is 23.7 Å². The van der Waals surface area contributed by atoms with Crippen molar-refractivity contribution in [1.82, 2.24) is 4.98 Å². The van der Waals surface area contributed by atoms with Gasteiger partial charge < -0.3 is 9.88 Å². The molecule has 27 heavy (non-hydrogen) atoms. The van der Waals surface area contributed by atoms with Gasteiger partial charge in [-0.05, 0) is 30.3 Å². The summed E-state index contributed by atoms with van der Waals surface area (Å²) < 4.78 is 12.3. The molecule has 4 rings (SSSR count). The zero-order chi connectivity index (χ0) is 19.0. The molecule has 0 amide bonds. The first-order valence-electron chi connectivity index (χ1n) is 8.77. The summed E-state index contributed by atoms with van der Waals surface area (Å²) >= 11 is 0. The highest BCUT2D eigenvalue weighted by atomic mass is 32.2. The Kier molecular flexibility index (Phi) is 4.22. The number of rotatable bonds is 4. The van der Waals surface area contributed by atoms with Crippen LogP contribution in [-0.2, 0) is 10.8 Å². The van der Waals surface area contributed by atoms with E-state index < -0.39 is 16.2 Å². The van der Waals surface area contributed by atoms with E-state index in [1.54, 1.807) is 0 Å². The number of aromatic nitrogens is 1. The fraction of sp³-hybridized carbons (Fsp3) is 0.238. The van der Waals surface area contributed by atoms with Crippen molar-refractivity contribution in [3.05, 3.63) is 48.5 Å². The van der Waals surface area contributed by atoms with Gasteiger partial charge in [-0.25, -0.2) is 0 Å². The van der Waals surface area contributed by atoms with Crippen molar-refractivity contribution in [3.8, 4) is 23.4 Å². The maximum atomic E-state index is 12.3. The standard InChI is InChI=1S/C21H18N4OS/c1-2-27(26)16-7-8-20(25-13-21(11-22,12-23)14-25)17(10-16)19-9-15-5-3-4-6-18(15)24-19/h3-10,24H,2,13-14H2,1H3. The summed E-state index contributed by atoms with van der Waals surface area (Å²) in [5, 5.41) is 19.7. The second kappa shape index (κ2) is 6.57. The molecular formula is C21H18N4OS. The third kappa shape index (κ3) is 2.89. The number of para-hydroxylation sites is 1. The molecule has 0 aliphatic carbocycles. The number of benzene rings is 2. The number of nitrogens with zero attached hydrogens (tertiary/aromatic N) is 3. The zero-order valence-corrected chi connectivity index (χ0v) is 15.7. The molecule has 0 saturated carbocycles. The molecule has 1 unspecified atom stereocenters.